The Labute approximate surface area is 141 Å². The molecule has 0 fully saturated rings. The molecule has 4 rings (SSSR count). The van der Waals surface area contributed by atoms with E-state index < -0.39 is 0 Å². The summed E-state index contributed by atoms with van der Waals surface area (Å²) in [6, 6.07) is 13.0. The van der Waals surface area contributed by atoms with Gasteiger partial charge in [-0.25, -0.2) is 9.37 Å². The van der Waals surface area contributed by atoms with E-state index in [1.54, 1.807) is 43.3 Å². The Balaban J connectivity index is 1.61. The van der Waals surface area contributed by atoms with Crippen LogP contribution >= 0.6 is 0 Å². The van der Waals surface area contributed by atoms with Gasteiger partial charge in [0.05, 0.1) is 16.7 Å². The highest BCUT2D eigenvalue weighted by molar-refractivity contribution is 6.03. The predicted molar refractivity (Wildman–Crippen MR) is 90.7 cm³/mol. The molecular formula is C18H13FN4O2. The van der Waals surface area contributed by atoms with Crippen molar-refractivity contribution < 1.29 is 13.7 Å². The van der Waals surface area contributed by atoms with Gasteiger partial charge in [0.25, 0.3) is 5.91 Å². The second kappa shape index (κ2) is 5.86. The third-order valence-electron chi connectivity index (χ3n) is 3.71. The molecule has 25 heavy (non-hydrogen) atoms. The van der Waals surface area contributed by atoms with Crippen LogP contribution in [0.1, 0.15) is 16.2 Å². The highest BCUT2D eigenvalue weighted by atomic mass is 19.1. The Bertz CT molecular complexity index is 1070. The van der Waals surface area contributed by atoms with Gasteiger partial charge in [0.2, 0.25) is 5.76 Å². The zero-order valence-electron chi connectivity index (χ0n) is 13.2. The standard InChI is InChI=1S/C18H13FN4O2/c1-10-8-16(25-23-10)18(24)20-13-6-7-14-15(9-13)22-17(21-14)11-2-4-12(19)5-3-11/h2-9H,1H3,(H,20,24)(H,21,22). The van der Waals surface area contributed by atoms with Crippen molar-refractivity contribution in [2.24, 2.45) is 0 Å². The summed E-state index contributed by atoms with van der Waals surface area (Å²) in [6.07, 6.45) is 0. The molecule has 124 valence electrons. The van der Waals surface area contributed by atoms with Crippen molar-refractivity contribution in [2.45, 2.75) is 6.92 Å². The third kappa shape index (κ3) is 2.99. The molecular weight excluding hydrogens is 323 g/mol. The van der Waals surface area contributed by atoms with E-state index in [-0.39, 0.29) is 17.5 Å². The highest BCUT2D eigenvalue weighted by Gasteiger charge is 2.13. The van der Waals surface area contributed by atoms with Crippen LogP contribution in [0.25, 0.3) is 22.4 Å². The summed E-state index contributed by atoms with van der Waals surface area (Å²) in [6.45, 7) is 1.74. The van der Waals surface area contributed by atoms with Crippen LogP contribution in [0.5, 0.6) is 0 Å². The summed E-state index contributed by atoms with van der Waals surface area (Å²) in [5.41, 5.74) is 3.51. The lowest BCUT2D eigenvalue weighted by Gasteiger charge is -2.02. The minimum Gasteiger partial charge on any atom is -0.351 e. The molecule has 2 aromatic heterocycles. The number of benzene rings is 2. The molecule has 0 saturated heterocycles. The number of halogens is 1. The number of carbonyl (C=O) groups is 1. The van der Waals surface area contributed by atoms with E-state index in [1.807, 2.05) is 0 Å². The predicted octanol–water partition coefficient (Wildman–Crippen LogP) is 3.92. The van der Waals surface area contributed by atoms with Gasteiger partial charge < -0.3 is 14.8 Å². The van der Waals surface area contributed by atoms with Crippen molar-refractivity contribution in [3.05, 3.63) is 65.8 Å². The largest absolute Gasteiger partial charge is 0.351 e. The Morgan fingerprint density at radius 2 is 1.96 bits per heavy atom. The van der Waals surface area contributed by atoms with E-state index in [0.717, 1.165) is 16.6 Å². The number of aromatic amines is 1. The second-order valence-corrected chi connectivity index (χ2v) is 5.61. The molecule has 2 heterocycles. The molecule has 0 aliphatic heterocycles. The molecule has 0 saturated carbocycles. The van der Waals surface area contributed by atoms with E-state index in [4.69, 9.17) is 4.52 Å². The summed E-state index contributed by atoms with van der Waals surface area (Å²) < 4.78 is 18.0. The number of anilines is 1. The maximum atomic E-state index is 13.0. The summed E-state index contributed by atoms with van der Waals surface area (Å²) in [5, 5.41) is 6.44. The number of aromatic nitrogens is 3. The molecule has 6 nitrogen and oxygen atoms in total. The fraction of sp³-hybridized carbons (Fsp3) is 0.0556. The second-order valence-electron chi connectivity index (χ2n) is 5.61. The summed E-state index contributed by atoms with van der Waals surface area (Å²) in [4.78, 5) is 19.8. The van der Waals surface area contributed by atoms with E-state index >= 15 is 0 Å². The lowest BCUT2D eigenvalue weighted by molar-refractivity contribution is 0.0988. The Morgan fingerprint density at radius 3 is 2.68 bits per heavy atom. The topological polar surface area (TPSA) is 83.8 Å². The average molecular weight is 336 g/mol. The van der Waals surface area contributed by atoms with Gasteiger partial charge in [-0.15, -0.1) is 0 Å². The van der Waals surface area contributed by atoms with E-state index in [2.05, 4.69) is 20.4 Å². The summed E-state index contributed by atoms with van der Waals surface area (Å²) in [5.74, 6) is 0.101. The van der Waals surface area contributed by atoms with Crippen molar-refractivity contribution in [2.75, 3.05) is 5.32 Å². The number of rotatable bonds is 3. The van der Waals surface area contributed by atoms with Gasteiger partial charge in [-0.3, -0.25) is 4.79 Å². The van der Waals surface area contributed by atoms with Crippen molar-refractivity contribution in [1.29, 1.82) is 0 Å². The smallest absolute Gasteiger partial charge is 0.294 e. The van der Waals surface area contributed by atoms with Crippen molar-refractivity contribution in [3.8, 4) is 11.4 Å². The highest BCUT2D eigenvalue weighted by Crippen LogP contribution is 2.23. The Hall–Kier alpha value is -3.48. The zero-order valence-corrected chi connectivity index (χ0v) is 13.2. The number of carbonyl (C=O) groups excluding carboxylic acids is 1. The van der Waals surface area contributed by atoms with Crippen molar-refractivity contribution in [3.63, 3.8) is 0 Å². The molecule has 0 aliphatic carbocycles. The molecule has 0 radical (unpaired) electrons. The van der Waals surface area contributed by atoms with Gasteiger partial charge in [-0.1, -0.05) is 5.16 Å². The fourth-order valence-electron chi connectivity index (χ4n) is 2.50. The first kappa shape index (κ1) is 15.1. The molecule has 0 atom stereocenters. The van der Waals surface area contributed by atoms with Gasteiger partial charge in [0.15, 0.2) is 0 Å². The number of fused-ring (bicyclic) bond motifs is 1. The van der Waals surface area contributed by atoms with Gasteiger partial charge in [0, 0.05) is 17.3 Å². The van der Waals surface area contributed by atoms with Crippen LogP contribution in [0, 0.1) is 12.7 Å². The SMILES string of the molecule is Cc1cc(C(=O)Nc2ccc3nc(-c4ccc(F)cc4)[nH]c3c2)on1. The number of nitrogens with zero attached hydrogens (tertiary/aromatic N) is 2. The number of amides is 1. The van der Waals surface area contributed by atoms with Gasteiger partial charge in [-0.2, -0.15) is 0 Å². The molecule has 4 aromatic rings. The van der Waals surface area contributed by atoms with E-state index in [9.17, 15) is 9.18 Å². The average Bonchev–Trinajstić information content (AvgIpc) is 3.21. The zero-order chi connectivity index (χ0) is 17.4. The van der Waals surface area contributed by atoms with Crippen molar-refractivity contribution >= 4 is 22.6 Å². The molecule has 2 N–H and O–H groups in total. The molecule has 1 amide bonds. The van der Waals surface area contributed by atoms with Crippen LogP contribution in [0.4, 0.5) is 10.1 Å². The first-order chi connectivity index (χ1) is 12.1. The van der Waals surface area contributed by atoms with Gasteiger partial charge in [0.1, 0.15) is 11.6 Å². The Kier molecular flexibility index (Phi) is 3.53. The first-order valence-corrected chi connectivity index (χ1v) is 7.59. The monoisotopic (exact) mass is 336 g/mol. The molecule has 0 bridgehead atoms. The van der Waals surface area contributed by atoms with E-state index in [0.29, 0.717) is 17.2 Å². The number of hydrogen-bond donors (Lipinski definition) is 2. The van der Waals surface area contributed by atoms with Crippen LogP contribution in [0.3, 0.4) is 0 Å². The van der Waals surface area contributed by atoms with E-state index in [1.165, 1.54) is 12.1 Å². The summed E-state index contributed by atoms with van der Waals surface area (Å²) in [7, 11) is 0. The van der Waals surface area contributed by atoms with Gasteiger partial charge >= 0.3 is 0 Å². The number of H-pyrrole nitrogens is 1. The van der Waals surface area contributed by atoms with Crippen LogP contribution < -0.4 is 5.32 Å². The molecule has 0 unspecified atom stereocenters. The maximum absolute atomic E-state index is 13.0. The van der Waals surface area contributed by atoms with Crippen LogP contribution in [0.15, 0.2) is 53.1 Å². The quantitative estimate of drug-likeness (QED) is 0.594. The lowest BCUT2D eigenvalue weighted by Crippen LogP contribution is -2.10. The Morgan fingerprint density at radius 1 is 1.16 bits per heavy atom. The first-order valence-electron chi connectivity index (χ1n) is 7.59. The molecule has 0 spiro atoms. The van der Waals surface area contributed by atoms with Crippen LogP contribution in [0.2, 0.25) is 0 Å². The van der Waals surface area contributed by atoms with Gasteiger partial charge in [-0.05, 0) is 49.4 Å². The number of hydrogen-bond acceptors (Lipinski definition) is 4. The van der Waals surface area contributed by atoms with Crippen molar-refractivity contribution in [1.82, 2.24) is 15.1 Å². The fourth-order valence-corrected chi connectivity index (χ4v) is 2.50. The minimum atomic E-state index is -0.377. The number of imidazole rings is 1. The van der Waals surface area contributed by atoms with Crippen LogP contribution in [-0.2, 0) is 0 Å². The lowest BCUT2D eigenvalue weighted by atomic mass is 10.2. The summed E-state index contributed by atoms with van der Waals surface area (Å²) >= 11 is 0. The molecule has 2 aromatic carbocycles. The number of aryl methyl sites for hydroxylation is 1. The molecule has 0 aliphatic rings. The maximum Gasteiger partial charge on any atom is 0.294 e. The molecule has 7 heteroatoms. The van der Waals surface area contributed by atoms with Crippen LogP contribution in [-0.4, -0.2) is 21.0 Å². The normalized spacial score (nSPS) is 11.0. The number of nitrogens with one attached hydrogen (secondary N) is 2. The third-order valence-corrected chi connectivity index (χ3v) is 3.71. The minimum absolute atomic E-state index is 0.147.